The average Bonchev–Trinajstić information content (AvgIpc) is 2.29. The minimum absolute atomic E-state index is 0.154. The highest BCUT2D eigenvalue weighted by Crippen LogP contribution is 2.14. The second-order valence-electron chi connectivity index (χ2n) is 5.24. The van der Waals surface area contributed by atoms with Crippen molar-refractivity contribution in [2.75, 3.05) is 0 Å². The van der Waals surface area contributed by atoms with Gasteiger partial charge in [0.15, 0.2) is 0 Å². The molecule has 1 amide bonds. The molecule has 0 saturated carbocycles. The van der Waals surface area contributed by atoms with Crippen LogP contribution in [0.1, 0.15) is 26.3 Å². The predicted molar refractivity (Wildman–Crippen MR) is 70.6 cm³/mol. The van der Waals surface area contributed by atoms with Crippen molar-refractivity contribution in [3.63, 3.8) is 0 Å². The molecule has 0 aliphatic rings. The van der Waals surface area contributed by atoms with Gasteiger partial charge in [0, 0.05) is 6.42 Å². The molecular weight excluding hydrogens is 246 g/mol. The van der Waals surface area contributed by atoms with Crippen molar-refractivity contribution in [3.8, 4) is 5.75 Å². The summed E-state index contributed by atoms with van der Waals surface area (Å²) in [5.41, 5.74) is 0.220. The van der Waals surface area contributed by atoms with E-state index in [4.69, 9.17) is 4.74 Å². The molecule has 5 heteroatoms. The zero-order valence-electron chi connectivity index (χ0n) is 11.3. The number of amides is 1. The second-order valence-corrected chi connectivity index (χ2v) is 5.24. The Hall–Kier alpha value is -2.04. The molecule has 1 aromatic rings. The zero-order valence-corrected chi connectivity index (χ0v) is 11.3. The molecule has 0 aliphatic carbocycles. The van der Waals surface area contributed by atoms with Gasteiger partial charge in [-0.1, -0.05) is 12.1 Å². The molecule has 0 aliphatic heterocycles. The Morgan fingerprint density at radius 2 is 1.95 bits per heavy atom. The lowest BCUT2D eigenvalue weighted by atomic mass is 10.1. The fourth-order valence-electron chi connectivity index (χ4n) is 1.53. The van der Waals surface area contributed by atoms with Crippen LogP contribution in [0.4, 0.5) is 0 Å². The highest BCUT2D eigenvalue weighted by atomic mass is 16.6. The van der Waals surface area contributed by atoms with Gasteiger partial charge in [-0.25, -0.2) is 4.79 Å². The summed E-state index contributed by atoms with van der Waals surface area (Å²) in [5.74, 6) is -0.325. The van der Waals surface area contributed by atoms with E-state index in [9.17, 15) is 14.7 Å². The topological polar surface area (TPSA) is 75.6 Å². The molecule has 0 unspecified atom stereocenters. The summed E-state index contributed by atoms with van der Waals surface area (Å²) < 4.78 is 5.24. The molecule has 0 saturated heterocycles. The Bertz CT molecular complexity index is 434. The second kappa shape index (κ2) is 6.22. The van der Waals surface area contributed by atoms with Crippen molar-refractivity contribution in [2.45, 2.75) is 38.8 Å². The maximum Gasteiger partial charge on any atom is 0.329 e. The number of esters is 1. The smallest absolute Gasteiger partial charge is 0.329 e. The Morgan fingerprint density at radius 1 is 1.37 bits per heavy atom. The number of nitrogens with one attached hydrogen (secondary N) is 1. The number of phenols is 1. The molecule has 0 bridgehead atoms. The van der Waals surface area contributed by atoms with Gasteiger partial charge in [-0.15, -0.1) is 0 Å². The van der Waals surface area contributed by atoms with Crippen LogP contribution in [0.3, 0.4) is 0 Å². The molecule has 1 rings (SSSR count). The molecule has 0 spiro atoms. The lowest BCUT2D eigenvalue weighted by molar-refractivity contribution is -0.158. The van der Waals surface area contributed by atoms with Crippen LogP contribution in [-0.2, 0) is 20.7 Å². The number of hydrogen-bond donors (Lipinski definition) is 2. The number of hydrogen-bond acceptors (Lipinski definition) is 4. The van der Waals surface area contributed by atoms with E-state index in [0.29, 0.717) is 12.8 Å². The molecule has 0 fully saturated rings. The average molecular weight is 265 g/mol. The summed E-state index contributed by atoms with van der Waals surface area (Å²) in [7, 11) is 0. The summed E-state index contributed by atoms with van der Waals surface area (Å²) in [6.07, 6.45) is 0.795. The first kappa shape index (κ1) is 15.0. The van der Waals surface area contributed by atoms with E-state index >= 15 is 0 Å². The van der Waals surface area contributed by atoms with Crippen LogP contribution in [0.5, 0.6) is 5.75 Å². The van der Waals surface area contributed by atoms with Gasteiger partial charge in [0.25, 0.3) is 0 Å². The van der Waals surface area contributed by atoms with Gasteiger partial charge >= 0.3 is 5.97 Å². The maximum absolute atomic E-state index is 11.9. The van der Waals surface area contributed by atoms with E-state index in [-0.39, 0.29) is 5.75 Å². The lowest BCUT2D eigenvalue weighted by Crippen LogP contribution is -2.42. The molecule has 0 radical (unpaired) electrons. The summed E-state index contributed by atoms with van der Waals surface area (Å²) >= 11 is 0. The molecule has 19 heavy (non-hydrogen) atoms. The van der Waals surface area contributed by atoms with Gasteiger partial charge in [-0.05, 0) is 38.5 Å². The van der Waals surface area contributed by atoms with Gasteiger partial charge in [0.1, 0.15) is 17.4 Å². The van der Waals surface area contributed by atoms with Crippen LogP contribution >= 0.6 is 0 Å². The van der Waals surface area contributed by atoms with E-state index < -0.39 is 17.6 Å². The van der Waals surface area contributed by atoms with Crippen LogP contribution in [0, 0.1) is 0 Å². The van der Waals surface area contributed by atoms with Crippen LogP contribution in [0.15, 0.2) is 24.3 Å². The number of benzene rings is 1. The number of rotatable bonds is 5. The van der Waals surface area contributed by atoms with Gasteiger partial charge in [0.2, 0.25) is 6.41 Å². The van der Waals surface area contributed by atoms with Gasteiger partial charge < -0.3 is 15.2 Å². The van der Waals surface area contributed by atoms with Crippen LogP contribution in [0.2, 0.25) is 0 Å². The molecule has 0 aromatic heterocycles. The first-order chi connectivity index (χ1) is 8.81. The van der Waals surface area contributed by atoms with Crippen molar-refractivity contribution < 1.29 is 19.4 Å². The van der Waals surface area contributed by atoms with Crippen molar-refractivity contribution in [2.24, 2.45) is 0 Å². The van der Waals surface area contributed by atoms with Crippen LogP contribution in [-0.4, -0.2) is 29.1 Å². The molecule has 104 valence electrons. The number of aromatic hydroxyl groups is 1. The standard InChI is InChI=1S/C14H19NO4/c1-14(2,3)19-13(18)12(15-9-16)8-10-4-6-11(17)7-5-10/h4-7,9,12,17H,8H2,1-3H3,(H,15,16)/t12-/m0/s1. The first-order valence-electron chi connectivity index (χ1n) is 6.02. The van der Waals surface area contributed by atoms with Crippen LogP contribution < -0.4 is 5.32 Å². The Kier molecular flexibility index (Phi) is 4.92. The molecule has 1 atom stereocenters. The SMILES string of the molecule is CC(C)(C)OC(=O)[C@H](Cc1ccc(O)cc1)NC=O. The number of carbonyl (C=O) groups is 2. The molecule has 5 nitrogen and oxygen atoms in total. The quantitative estimate of drug-likeness (QED) is 0.623. The van der Waals surface area contributed by atoms with Crippen molar-refractivity contribution in [1.29, 1.82) is 0 Å². The number of carbonyl (C=O) groups excluding carboxylic acids is 2. The maximum atomic E-state index is 11.9. The van der Waals surface area contributed by atoms with E-state index in [0.717, 1.165) is 5.56 Å². The van der Waals surface area contributed by atoms with Crippen molar-refractivity contribution in [3.05, 3.63) is 29.8 Å². The Balaban J connectivity index is 2.74. The molecule has 1 aromatic carbocycles. The van der Waals surface area contributed by atoms with Gasteiger partial charge in [-0.2, -0.15) is 0 Å². The van der Waals surface area contributed by atoms with Crippen molar-refractivity contribution in [1.82, 2.24) is 5.32 Å². The number of phenolic OH excluding ortho intramolecular Hbond substituents is 1. The largest absolute Gasteiger partial charge is 0.508 e. The normalized spacial score (nSPS) is 12.6. The summed E-state index contributed by atoms with van der Waals surface area (Å²) in [6, 6.07) is 5.71. The third-order valence-corrected chi connectivity index (χ3v) is 2.34. The van der Waals surface area contributed by atoms with Gasteiger partial charge in [0.05, 0.1) is 0 Å². The highest BCUT2D eigenvalue weighted by molar-refractivity contribution is 5.79. The first-order valence-corrected chi connectivity index (χ1v) is 6.02. The summed E-state index contributed by atoms with van der Waals surface area (Å²) in [4.78, 5) is 22.5. The van der Waals surface area contributed by atoms with Crippen molar-refractivity contribution >= 4 is 12.4 Å². The van der Waals surface area contributed by atoms with Gasteiger partial charge in [-0.3, -0.25) is 4.79 Å². The highest BCUT2D eigenvalue weighted by Gasteiger charge is 2.24. The third-order valence-electron chi connectivity index (χ3n) is 2.34. The minimum Gasteiger partial charge on any atom is -0.508 e. The van der Waals surface area contributed by atoms with E-state index in [1.165, 1.54) is 12.1 Å². The Morgan fingerprint density at radius 3 is 2.42 bits per heavy atom. The molecule has 2 N–H and O–H groups in total. The third kappa shape index (κ3) is 5.42. The monoisotopic (exact) mass is 265 g/mol. The predicted octanol–water partition coefficient (Wildman–Crippen LogP) is 1.39. The Labute approximate surface area is 112 Å². The number of ether oxygens (including phenoxy) is 1. The van der Waals surface area contributed by atoms with E-state index in [1.54, 1.807) is 32.9 Å². The van der Waals surface area contributed by atoms with E-state index in [2.05, 4.69) is 5.32 Å². The molecule has 0 heterocycles. The van der Waals surface area contributed by atoms with Crippen LogP contribution in [0.25, 0.3) is 0 Å². The van der Waals surface area contributed by atoms with E-state index in [1.807, 2.05) is 0 Å². The molecular formula is C14H19NO4. The lowest BCUT2D eigenvalue weighted by Gasteiger charge is -2.23. The summed E-state index contributed by atoms with van der Waals surface area (Å²) in [5, 5.41) is 11.6. The summed E-state index contributed by atoms with van der Waals surface area (Å²) in [6.45, 7) is 5.30. The minimum atomic E-state index is -0.735. The fourth-order valence-corrected chi connectivity index (χ4v) is 1.53. The fraction of sp³-hybridized carbons (Fsp3) is 0.429. The zero-order chi connectivity index (χ0) is 14.5.